The van der Waals surface area contributed by atoms with Crippen molar-refractivity contribution in [3.63, 3.8) is 0 Å². The SMILES string of the molecule is Cn1cc(S(=O)(=O)NCc2ccccc2CN2CCCC2)c(=O)n(C)c1=O. The van der Waals surface area contributed by atoms with Crippen LogP contribution in [0.4, 0.5) is 0 Å². The summed E-state index contributed by atoms with van der Waals surface area (Å²) >= 11 is 0. The van der Waals surface area contributed by atoms with E-state index in [9.17, 15) is 18.0 Å². The van der Waals surface area contributed by atoms with Crippen molar-refractivity contribution in [1.29, 1.82) is 0 Å². The fraction of sp³-hybridized carbons (Fsp3) is 0.444. The predicted molar refractivity (Wildman–Crippen MR) is 102 cm³/mol. The van der Waals surface area contributed by atoms with Crippen molar-refractivity contribution in [3.8, 4) is 0 Å². The van der Waals surface area contributed by atoms with Crippen LogP contribution in [0.1, 0.15) is 24.0 Å². The van der Waals surface area contributed by atoms with Gasteiger partial charge in [0.1, 0.15) is 0 Å². The maximum Gasteiger partial charge on any atom is 0.330 e. The molecule has 0 radical (unpaired) electrons. The first-order chi connectivity index (χ1) is 12.8. The molecule has 2 aromatic rings. The second-order valence-electron chi connectivity index (χ2n) is 6.83. The van der Waals surface area contributed by atoms with Crippen LogP contribution < -0.4 is 16.0 Å². The molecular formula is C18H24N4O4S. The summed E-state index contributed by atoms with van der Waals surface area (Å²) in [7, 11) is -1.38. The van der Waals surface area contributed by atoms with E-state index in [0.29, 0.717) is 0 Å². The van der Waals surface area contributed by atoms with Gasteiger partial charge in [-0.25, -0.2) is 17.9 Å². The Morgan fingerprint density at radius 2 is 1.67 bits per heavy atom. The van der Waals surface area contributed by atoms with Crippen molar-refractivity contribution in [2.24, 2.45) is 14.1 Å². The third kappa shape index (κ3) is 4.20. The Bertz CT molecular complexity index is 1050. The normalized spacial score (nSPS) is 15.3. The van der Waals surface area contributed by atoms with E-state index in [1.165, 1.54) is 26.9 Å². The smallest absolute Gasteiger partial charge is 0.302 e. The van der Waals surface area contributed by atoms with Gasteiger partial charge in [0, 0.05) is 33.4 Å². The molecule has 1 saturated heterocycles. The highest BCUT2D eigenvalue weighted by Crippen LogP contribution is 2.16. The average Bonchev–Trinajstić information content (AvgIpc) is 3.15. The number of likely N-dealkylation sites (tertiary alicyclic amines) is 1. The number of aryl methyl sites for hydroxylation is 1. The molecule has 0 spiro atoms. The van der Waals surface area contributed by atoms with Crippen LogP contribution in [-0.4, -0.2) is 35.5 Å². The van der Waals surface area contributed by atoms with Crippen LogP contribution in [0.3, 0.4) is 0 Å². The molecule has 146 valence electrons. The Morgan fingerprint density at radius 3 is 2.33 bits per heavy atom. The molecule has 8 nitrogen and oxygen atoms in total. The fourth-order valence-corrected chi connectivity index (χ4v) is 4.44. The molecule has 3 rings (SSSR count). The first-order valence-electron chi connectivity index (χ1n) is 8.85. The summed E-state index contributed by atoms with van der Waals surface area (Å²) in [6.07, 6.45) is 3.43. The van der Waals surface area contributed by atoms with Gasteiger partial charge in [0.25, 0.3) is 5.56 Å². The molecule has 1 N–H and O–H groups in total. The molecule has 0 aliphatic carbocycles. The van der Waals surface area contributed by atoms with Crippen LogP contribution in [0, 0.1) is 0 Å². The lowest BCUT2D eigenvalue weighted by atomic mass is 10.1. The van der Waals surface area contributed by atoms with Gasteiger partial charge in [-0.2, -0.15) is 0 Å². The second-order valence-corrected chi connectivity index (χ2v) is 8.56. The van der Waals surface area contributed by atoms with Gasteiger partial charge in [-0.3, -0.25) is 14.3 Å². The molecule has 9 heteroatoms. The van der Waals surface area contributed by atoms with E-state index in [-0.39, 0.29) is 6.54 Å². The fourth-order valence-electron chi connectivity index (χ4n) is 3.28. The van der Waals surface area contributed by atoms with Crippen LogP contribution in [0.5, 0.6) is 0 Å². The van der Waals surface area contributed by atoms with Crippen molar-refractivity contribution in [2.75, 3.05) is 13.1 Å². The molecule has 0 bridgehead atoms. The number of sulfonamides is 1. The van der Waals surface area contributed by atoms with Crippen molar-refractivity contribution >= 4 is 10.0 Å². The number of rotatable bonds is 6. The van der Waals surface area contributed by atoms with Gasteiger partial charge >= 0.3 is 5.69 Å². The van der Waals surface area contributed by atoms with Crippen LogP contribution in [0.25, 0.3) is 0 Å². The topological polar surface area (TPSA) is 93.4 Å². The summed E-state index contributed by atoms with van der Waals surface area (Å²) in [5, 5.41) is 0. The maximum absolute atomic E-state index is 12.6. The Morgan fingerprint density at radius 1 is 1.04 bits per heavy atom. The zero-order valence-electron chi connectivity index (χ0n) is 15.5. The van der Waals surface area contributed by atoms with E-state index in [4.69, 9.17) is 0 Å². The molecule has 27 heavy (non-hydrogen) atoms. The van der Waals surface area contributed by atoms with E-state index in [0.717, 1.165) is 46.1 Å². The van der Waals surface area contributed by atoms with E-state index < -0.39 is 26.2 Å². The molecule has 1 aromatic carbocycles. The number of aromatic nitrogens is 2. The van der Waals surface area contributed by atoms with E-state index >= 15 is 0 Å². The highest BCUT2D eigenvalue weighted by molar-refractivity contribution is 7.89. The van der Waals surface area contributed by atoms with Gasteiger partial charge in [0.15, 0.2) is 4.90 Å². The number of benzene rings is 1. The summed E-state index contributed by atoms with van der Waals surface area (Å²) in [6, 6.07) is 7.68. The van der Waals surface area contributed by atoms with Gasteiger partial charge in [-0.05, 0) is 37.1 Å². The van der Waals surface area contributed by atoms with Crippen molar-refractivity contribution < 1.29 is 8.42 Å². The largest absolute Gasteiger partial charge is 0.330 e. The number of nitrogens with zero attached hydrogens (tertiary/aromatic N) is 3. The molecule has 0 atom stereocenters. The van der Waals surface area contributed by atoms with Crippen LogP contribution in [0.2, 0.25) is 0 Å². The van der Waals surface area contributed by atoms with Crippen molar-refractivity contribution in [1.82, 2.24) is 18.8 Å². The van der Waals surface area contributed by atoms with E-state index in [1.807, 2.05) is 24.3 Å². The minimum Gasteiger partial charge on any atom is -0.302 e. The molecule has 2 heterocycles. The molecule has 0 saturated carbocycles. The minimum atomic E-state index is -4.05. The summed E-state index contributed by atoms with van der Waals surface area (Å²) in [5.41, 5.74) is 0.524. The zero-order chi connectivity index (χ0) is 19.6. The Kier molecular flexibility index (Phi) is 5.64. The molecule has 1 fully saturated rings. The Balaban J connectivity index is 1.83. The lowest BCUT2D eigenvalue weighted by molar-refractivity contribution is 0.330. The molecular weight excluding hydrogens is 368 g/mol. The average molecular weight is 392 g/mol. The zero-order valence-corrected chi connectivity index (χ0v) is 16.3. The quantitative estimate of drug-likeness (QED) is 0.756. The van der Waals surface area contributed by atoms with Crippen molar-refractivity contribution in [3.05, 3.63) is 62.4 Å². The highest BCUT2D eigenvalue weighted by atomic mass is 32.2. The summed E-state index contributed by atoms with van der Waals surface area (Å²) in [6.45, 7) is 2.96. The monoisotopic (exact) mass is 392 g/mol. The molecule has 1 aromatic heterocycles. The summed E-state index contributed by atoms with van der Waals surface area (Å²) in [5.74, 6) is 0. The number of nitrogens with one attached hydrogen (secondary N) is 1. The van der Waals surface area contributed by atoms with Crippen molar-refractivity contribution in [2.45, 2.75) is 30.8 Å². The first-order valence-corrected chi connectivity index (χ1v) is 10.3. The Hall–Kier alpha value is -2.23. The maximum atomic E-state index is 12.6. The lowest BCUT2D eigenvalue weighted by Crippen LogP contribution is -2.41. The van der Waals surface area contributed by atoms with Gasteiger partial charge in [0.05, 0.1) is 0 Å². The van der Waals surface area contributed by atoms with E-state index in [1.54, 1.807) is 0 Å². The standard InChI is InChI=1S/C18H24N4O4S/c1-20-13-16(17(23)21(2)18(20)24)27(25,26)19-11-14-7-3-4-8-15(14)12-22-9-5-6-10-22/h3-4,7-8,13,19H,5-6,9-12H2,1-2H3. The lowest BCUT2D eigenvalue weighted by Gasteiger charge is -2.18. The number of hydrogen-bond donors (Lipinski definition) is 1. The highest BCUT2D eigenvalue weighted by Gasteiger charge is 2.22. The van der Waals surface area contributed by atoms with Crippen LogP contribution >= 0.6 is 0 Å². The van der Waals surface area contributed by atoms with Crippen LogP contribution in [0.15, 0.2) is 44.9 Å². The summed E-state index contributed by atoms with van der Waals surface area (Å²) in [4.78, 5) is 25.9. The van der Waals surface area contributed by atoms with Gasteiger partial charge in [-0.15, -0.1) is 0 Å². The van der Waals surface area contributed by atoms with Gasteiger partial charge < -0.3 is 4.57 Å². The minimum absolute atomic E-state index is 0.0817. The Labute approximate surface area is 158 Å². The van der Waals surface area contributed by atoms with Crippen LogP contribution in [-0.2, 0) is 37.2 Å². The summed E-state index contributed by atoms with van der Waals surface area (Å²) < 4.78 is 29.7. The second kappa shape index (κ2) is 7.79. The number of hydrogen-bond acceptors (Lipinski definition) is 5. The third-order valence-electron chi connectivity index (χ3n) is 4.87. The molecule has 0 unspecified atom stereocenters. The van der Waals surface area contributed by atoms with E-state index in [2.05, 4.69) is 9.62 Å². The molecule has 1 aliphatic rings. The first kappa shape index (κ1) is 19.5. The third-order valence-corrected chi connectivity index (χ3v) is 6.25. The van der Waals surface area contributed by atoms with Gasteiger partial charge in [-0.1, -0.05) is 24.3 Å². The molecule has 0 amide bonds. The van der Waals surface area contributed by atoms with Gasteiger partial charge in [0.2, 0.25) is 10.0 Å². The predicted octanol–water partition coefficient (Wildman–Crippen LogP) is 0.158. The molecule has 1 aliphatic heterocycles.